The molecule has 0 aliphatic rings. The second-order valence-corrected chi connectivity index (χ2v) is 6.28. The lowest BCUT2D eigenvalue weighted by atomic mass is 10.1. The summed E-state index contributed by atoms with van der Waals surface area (Å²) in [6.07, 6.45) is 0.888. The minimum Gasteiger partial charge on any atom is -0.497 e. The van der Waals surface area contributed by atoms with Gasteiger partial charge in [-0.15, -0.1) is 24.0 Å². The number of nitrogens with one attached hydrogen (secondary N) is 2. The Morgan fingerprint density at radius 3 is 2.33 bits per heavy atom. The van der Waals surface area contributed by atoms with Crippen molar-refractivity contribution in [3.05, 3.63) is 53.6 Å². The molecule has 0 saturated heterocycles. The van der Waals surface area contributed by atoms with Crippen LogP contribution in [0.1, 0.15) is 18.1 Å². The molecule has 0 spiro atoms. The van der Waals surface area contributed by atoms with E-state index in [2.05, 4.69) is 27.8 Å². The van der Waals surface area contributed by atoms with Gasteiger partial charge in [0.15, 0.2) is 17.5 Å². The number of halogens is 1. The number of aliphatic imine (C=N–C) groups is 1. The number of aliphatic hydroxyl groups is 1. The predicted molar refractivity (Wildman–Crippen MR) is 131 cm³/mol. The Balaban J connectivity index is 0.00000450. The number of aliphatic hydroxyl groups excluding tert-OH is 1. The van der Waals surface area contributed by atoms with Gasteiger partial charge in [0.25, 0.3) is 0 Å². The maximum atomic E-state index is 8.91. The highest BCUT2D eigenvalue weighted by Gasteiger charge is 2.06. The zero-order valence-electron chi connectivity index (χ0n) is 17.8. The number of benzene rings is 2. The summed E-state index contributed by atoms with van der Waals surface area (Å²) >= 11 is 0. The molecule has 30 heavy (non-hydrogen) atoms. The highest BCUT2D eigenvalue weighted by molar-refractivity contribution is 14.0. The third-order valence-electron chi connectivity index (χ3n) is 4.21. The van der Waals surface area contributed by atoms with Gasteiger partial charge in [-0.25, -0.2) is 4.99 Å². The predicted octanol–water partition coefficient (Wildman–Crippen LogP) is 2.99. The van der Waals surface area contributed by atoms with Crippen molar-refractivity contribution in [1.82, 2.24) is 10.6 Å². The van der Waals surface area contributed by atoms with E-state index in [1.165, 1.54) is 5.56 Å². The standard InChI is InChI=1S/C22H31N3O4.HI/c1-4-23-22(24-12-11-17-5-8-19(27-2)9-6-17)25-16-18-7-10-20(29-14-13-26)21(15-18)28-3;/h5-10,15,26H,4,11-14,16H2,1-3H3,(H2,23,24,25);1H. The highest BCUT2D eigenvalue weighted by atomic mass is 127. The van der Waals surface area contributed by atoms with Crippen molar-refractivity contribution >= 4 is 29.9 Å². The molecule has 0 heterocycles. The number of guanidine groups is 1. The van der Waals surface area contributed by atoms with Gasteiger partial charge in [-0.1, -0.05) is 18.2 Å². The maximum absolute atomic E-state index is 8.91. The summed E-state index contributed by atoms with van der Waals surface area (Å²) in [5.74, 6) is 2.86. The Kier molecular flexibility index (Phi) is 12.7. The second kappa shape index (κ2) is 14.7. The summed E-state index contributed by atoms with van der Waals surface area (Å²) in [6, 6.07) is 13.8. The van der Waals surface area contributed by atoms with Crippen molar-refractivity contribution in [3.63, 3.8) is 0 Å². The Labute approximate surface area is 195 Å². The van der Waals surface area contributed by atoms with E-state index in [1.807, 2.05) is 37.3 Å². The van der Waals surface area contributed by atoms with Gasteiger partial charge >= 0.3 is 0 Å². The van der Waals surface area contributed by atoms with Crippen LogP contribution in [0.5, 0.6) is 17.2 Å². The molecule has 3 N–H and O–H groups in total. The molecule has 2 aromatic rings. The molecule has 2 rings (SSSR count). The van der Waals surface area contributed by atoms with E-state index < -0.39 is 0 Å². The third-order valence-corrected chi connectivity index (χ3v) is 4.21. The molecule has 0 unspecified atom stereocenters. The summed E-state index contributed by atoms with van der Waals surface area (Å²) in [4.78, 5) is 4.65. The highest BCUT2D eigenvalue weighted by Crippen LogP contribution is 2.28. The van der Waals surface area contributed by atoms with E-state index >= 15 is 0 Å². The van der Waals surface area contributed by atoms with Crippen molar-refractivity contribution < 1.29 is 19.3 Å². The van der Waals surface area contributed by atoms with Crippen LogP contribution in [0.4, 0.5) is 0 Å². The van der Waals surface area contributed by atoms with Crippen molar-refractivity contribution in [3.8, 4) is 17.2 Å². The molecule has 2 aromatic carbocycles. The van der Waals surface area contributed by atoms with Gasteiger partial charge in [0.1, 0.15) is 12.4 Å². The van der Waals surface area contributed by atoms with Crippen LogP contribution < -0.4 is 24.8 Å². The Bertz CT molecular complexity index is 769. The number of nitrogens with zero attached hydrogens (tertiary/aromatic N) is 1. The van der Waals surface area contributed by atoms with Crippen LogP contribution >= 0.6 is 24.0 Å². The average molecular weight is 529 g/mol. The molecule has 0 amide bonds. The number of hydrogen-bond acceptors (Lipinski definition) is 5. The number of methoxy groups -OCH3 is 2. The van der Waals surface area contributed by atoms with Crippen LogP contribution in [0.3, 0.4) is 0 Å². The molecule has 0 bridgehead atoms. The molecule has 0 radical (unpaired) electrons. The smallest absolute Gasteiger partial charge is 0.191 e. The Morgan fingerprint density at radius 1 is 0.967 bits per heavy atom. The Hall–Kier alpha value is -2.20. The second-order valence-electron chi connectivity index (χ2n) is 6.28. The van der Waals surface area contributed by atoms with E-state index in [9.17, 15) is 0 Å². The molecule has 0 aliphatic heterocycles. The maximum Gasteiger partial charge on any atom is 0.191 e. The minimum atomic E-state index is -0.0383. The SMILES string of the molecule is CCNC(=NCc1ccc(OCCO)c(OC)c1)NCCc1ccc(OC)cc1.I. The van der Waals surface area contributed by atoms with Gasteiger partial charge < -0.3 is 30.0 Å². The summed E-state index contributed by atoms with van der Waals surface area (Å²) < 4.78 is 16.0. The van der Waals surface area contributed by atoms with Crippen LogP contribution in [0.2, 0.25) is 0 Å². The molecule has 0 aromatic heterocycles. The van der Waals surface area contributed by atoms with E-state index in [0.717, 1.165) is 36.8 Å². The number of ether oxygens (including phenoxy) is 3. The summed E-state index contributed by atoms with van der Waals surface area (Å²) in [6.45, 7) is 4.30. The van der Waals surface area contributed by atoms with Gasteiger partial charge in [0.2, 0.25) is 0 Å². The topological polar surface area (TPSA) is 84.3 Å². The van der Waals surface area contributed by atoms with Crippen LogP contribution in [0.25, 0.3) is 0 Å². The van der Waals surface area contributed by atoms with Gasteiger partial charge in [0.05, 0.1) is 27.4 Å². The Morgan fingerprint density at radius 2 is 1.70 bits per heavy atom. The van der Waals surface area contributed by atoms with Crippen molar-refractivity contribution in [2.24, 2.45) is 4.99 Å². The fraction of sp³-hybridized carbons (Fsp3) is 0.409. The van der Waals surface area contributed by atoms with Crippen LogP contribution in [-0.4, -0.2) is 51.6 Å². The monoisotopic (exact) mass is 529 g/mol. The van der Waals surface area contributed by atoms with Gasteiger partial charge in [-0.05, 0) is 48.7 Å². The quantitative estimate of drug-likeness (QED) is 0.236. The first-order chi connectivity index (χ1) is 14.2. The summed E-state index contributed by atoms with van der Waals surface area (Å²) in [7, 11) is 3.26. The number of rotatable bonds is 11. The van der Waals surface area contributed by atoms with E-state index in [1.54, 1.807) is 14.2 Å². The molecular formula is C22H32IN3O4. The first-order valence-electron chi connectivity index (χ1n) is 9.75. The molecule has 0 atom stereocenters. The molecule has 0 aliphatic carbocycles. The lowest BCUT2D eigenvalue weighted by molar-refractivity contribution is 0.196. The van der Waals surface area contributed by atoms with Crippen molar-refractivity contribution in [2.75, 3.05) is 40.5 Å². The van der Waals surface area contributed by atoms with E-state index in [0.29, 0.717) is 18.0 Å². The van der Waals surface area contributed by atoms with Crippen LogP contribution in [0.15, 0.2) is 47.5 Å². The molecule has 0 saturated carbocycles. The lowest BCUT2D eigenvalue weighted by Gasteiger charge is -2.13. The van der Waals surface area contributed by atoms with Gasteiger partial charge in [0, 0.05) is 13.1 Å². The van der Waals surface area contributed by atoms with Crippen LogP contribution in [-0.2, 0) is 13.0 Å². The fourth-order valence-electron chi connectivity index (χ4n) is 2.71. The molecule has 7 nitrogen and oxygen atoms in total. The largest absolute Gasteiger partial charge is 0.497 e. The molecule has 0 fully saturated rings. The normalized spacial score (nSPS) is 10.7. The first-order valence-corrected chi connectivity index (χ1v) is 9.75. The first kappa shape index (κ1) is 25.8. The van der Waals surface area contributed by atoms with E-state index in [-0.39, 0.29) is 37.2 Å². The summed E-state index contributed by atoms with van der Waals surface area (Å²) in [5, 5.41) is 15.5. The third kappa shape index (κ3) is 8.66. The van der Waals surface area contributed by atoms with Gasteiger partial charge in [-0.3, -0.25) is 0 Å². The zero-order valence-corrected chi connectivity index (χ0v) is 20.1. The fourth-order valence-corrected chi connectivity index (χ4v) is 2.71. The molecule has 8 heteroatoms. The van der Waals surface area contributed by atoms with Crippen molar-refractivity contribution in [1.29, 1.82) is 0 Å². The average Bonchev–Trinajstić information content (AvgIpc) is 2.76. The minimum absolute atomic E-state index is 0. The number of hydrogen-bond donors (Lipinski definition) is 3. The molecular weight excluding hydrogens is 497 g/mol. The van der Waals surface area contributed by atoms with Gasteiger partial charge in [-0.2, -0.15) is 0 Å². The zero-order chi connectivity index (χ0) is 20.9. The van der Waals surface area contributed by atoms with Crippen LogP contribution in [0, 0.1) is 0 Å². The lowest BCUT2D eigenvalue weighted by Crippen LogP contribution is -2.38. The van der Waals surface area contributed by atoms with E-state index in [4.69, 9.17) is 19.3 Å². The summed E-state index contributed by atoms with van der Waals surface area (Å²) in [5.41, 5.74) is 2.24. The molecule has 166 valence electrons. The van der Waals surface area contributed by atoms with Crippen molar-refractivity contribution in [2.45, 2.75) is 19.9 Å².